The number of benzene rings is 2. The summed E-state index contributed by atoms with van der Waals surface area (Å²) >= 11 is 3.54. The molecule has 1 fully saturated rings. The first-order chi connectivity index (χ1) is 15.0. The Morgan fingerprint density at radius 1 is 1.19 bits per heavy atom. The number of amides is 1. The summed E-state index contributed by atoms with van der Waals surface area (Å²) in [5.41, 5.74) is 3.22. The average Bonchev–Trinajstić information content (AvgIpc) is 3.12. The lowest BCUT2D eigenvalue weighted by Crippen LogP contribution is -2.46. The maximum absolute atomic E-state index is 13.1. The van der Waals surface area contributed by atoms with E-state index in [0.717, 1.165) is 66.0 Å². The van der Waals surface area contributed by atoms with Crippen LogP contribution < -0.4 is 0 Å². The van der Waals surface area contributed by atoms with Gasteiger partial charge in [-0.2, -0.15) is 0 Å². The topological polar surface area (TPSA) is 41.4 Å². The van der Waals surface area contributed by atoms with Crippen LogP contribution in [0.15, 0.2) is 53.0 Å². The molecule has 3 aromatic rings. The first-order valence-electron chi connectivity index (χ1n) is 11.2. The molecule has 1 saturated heterocycles. The molecule has 2 heterocycles. The minimum absolute atomic E-state index is 0.0709. The summed E-state index contributed by atoms with van der Waals surface area (Å²) in [6.07, 6.45) is 2.02. The Labute approximate surface area is 193 Å². The fourth-order valence-corrected chi connectivity index (χ4v) is 4.94. The molecule has 1 aliphatic heterocycles. The predicted molar refractivity (Wildman–Crippen MR) is 129 cm³/mol. The smallest absolute Gasteiger partial charge is 0.227 e. The van der Waals surface area contributed by atoms with Gasteiger partial charge in [0.2, 0.25) is 5.91 Å². The number of hydrogen-bond donors (Lipinski definition) is 0. The van der Waals surface area contributed by atoms with E-state index in [1.807, 2.05) is 11.0 Å². The summed E-state index contributed by atoms with van der Waals surface area (Å²) < 4.78 is 3.31. The Hall–Kier alpha value is -2.18. The predicted octanol–water partition coefficient (Wildman–Crippen LogP) is 5.26. The number of carbonyl (C=O) groups is 1. The van der Waals surface area contributed by atoms with Crippen LogP contribution in [-0.2, 0) is 11.3 Å². The van der Waals surface area contributed by atoms with Crippen molar-refractivity contribution >= 4 is 32.9 Å². The van der Waals surface area contributed by atoms with Gasteiger partial charge < -0.3 is 4.90 Å². The van der Waals surface area contributed by atoms with Crippen molar-refractivity contribution in [2.45, 2.75) is 46.2 Å². The molecule has 4 rings (SSSR count). The number of carbonyl (C=O) groups excluding carboxylic acids is 1. The SMILES string of the molecule is CCN(C(=O)[C@H]1CCCN(Cc2nc3ccccc3n2-c2ccc(Br)cc2)C1)C(C)C. The van der Waals surface area contributed by atoms with Crippen molar-refractivity contribution in [2.24, 2.45) is 5.92 Å². The van der Waals surface area contributed by atoms with Gasteiger partial charge in [0.15, 0.2) is 0 Å². The lowest BCUT2D eigenvalue weighted by Gasteiger charge is -2.36. The highest BCUT2D eigenvalue weighted by Gasteiger charge is 2.30. The Morgan fingerprint density at radius 2 is 1.94 bits per heavy atom. The minimum Gasteiger partial charge on any atom is -0.340 e. The average molecular weight is 483 g/mol. The van der Waals surface area contributed by atoms with Gasteiger partial charge in [-0.3, -0.25) is 14.3 Å². The van der Waals surface area contributed by atoms with Crippen LogP contribution in [0.1, 0.15) is 39.4 Å². The van der Waals surface area contributed by atoms with Crippen LogP contribution in [0.3, 0.4) is 0 Å². The monoisotopic (exact) mass is 482 g/mol. The molecular weight excluding hydrogens is 452 g/mol. The number of fused-ring (bicyclic) bond motifs is 1. The van der Waals surface area contributed by atoms with Crippen molar-refractivity contribution in [3.63, 3.8) is 0 Å². The minimum atomic E-state index is 0.0709. The van der Waals surface area contributed by atoms with Crippen molar-refractivity contribution in [2.75, 3.05) is 19.6 Å². The molecule has 0 spiro atoms. The van der Waals surface area contributed by atoms with Crippen LogP contribution >= 0.6 is 15.9 Å². The van der Waals surface area contributed by atoms with E-state index < -0.39 is 0 Å². The highest BCUT2D eigenvalue weighted by molar-refractivity contribution is 9.10. The second kappa shape index (κ2) is 9.53. The zero-order chi connectivity index (χ0) is 22.0. The third-order valence-electron chi connectivity index (χ3n) is 6.18. The Morgan fingerprint density at radius 3 is 2.65 bits per heavy atom. The Bertz CT molecular complexity index is 1040. The van der Waals surface area contributed by atoms with E-state index in [9.17, 15) is 4.79 Å². The molecule has 1 amide bonds. The fraction of sp³-hybridized carbons (Fsp3) is 0.440. The second-order valence-corrected chi connectivity index (χ2v) is 9.54. The van der Waals surface area contributed by atoms with Crippen LogP contribution in [-0.4, -0.2) is 50.9 Å². The van der Waals surface area contributed by atoms with Crippen LogP contribution in [0.2, 0.25) is 0 Å². The number of imidazole rings is 1. The summed E-state index contributed by atoms with van der Waals surface area (Å²) in [7, 11) is 0. The third kappa shape index (κ3) is 4.70. The van der Waals surface area contributed by atoms with Gasteiger partial charge in [0.05, 0.1) is 23.5 Å². The fourth-order valence-electron chi connectivity index (χ4n) is 4.67. The molecule has 0 aliphatic carbocycles. The highest BCUT2D eigenvalue weighted by atomic mass is 79.9. The zero-order valence-corrected chi connectivity index (χ0v) is 20.2. The summed E-state index contributed by atoms with van der Waals surface area (Å²) in [5, 5.41) is 0. The molecule has 1 aromatic heterocycles. The molecule has 0 radical (unpaired) electrons. The van der Waals surface area contributed by atoms with E-state index in [4.69, 9.17) is 4.98 Å². The van der Waals surface area contributed by atoms with E-state index in [-0.39, 0.29) is 12.0 Å². The molecule has 0 saturated carbocycles. The molecule has 31 heavy (non-hydrogen) atoms. The first-order valence-corrected chi connectivity index (χ1v) is 12.0. The summed E-state index contributed by atoms with van der Waals surface area (Å²) in [6.45, 7) is 9.58. The van der Waals surface area contributed by atoms with Gasteiger partial charge in [-0.15, -0.1) is 0 Å². The van der Waals surface area contributed by atoms with Gasteiger partial charge in [-0.05, 0) is 76.6 Å². The quantitative estimate of drug-likeness (QED) is 0.481. The van der Waals surface area contributed by atoms with Crippen LogP contribution in [0.5, 0.6) is 0 Å². The van der Waals surface area contributed by atoms with Gasteiger partial charge in [0.1, 0.15) is 5.82 Å². The van der Waals surface area contributed by atoms with Crippen molar-refractivity contribution in [1.29, 1.82) is 0 Å². The molecule has 6 heteroatoms. The van der Waals surface area contributed by atoms with Crippen LogP contribution in [0, 0.1) is 5.92 Å². The standard InChI is InChI=1S/C25H31BrN4O/c1-4-29(18(2)3)25(31)19-8-7-15-28(16-19)17-24-27-22-9-5-6-10-23(22)30(24)21-13-11-20(26)12-14-21/h5-6,9-14,18-19H,4,7-8,15-17H2,1-3H3/t19-/m0/s1. The molecule has 5 nitrogen and oxygen atoms in total. The van der Waals surface area contributed by atoms with Gasteiger partial charge in [0, 0.05) is 29.3 Å². The van der Waals surface area contributed by atoms with E-state index in [0.29, 0.717) is 5.91 Å². The number of likely N-dealkylation sites (tertiary alicyclic amines) is 1. The summed E-state index contributed by atoms with van der Waals surface area (Å²) in [6, 6.07) is 16.9. The zero-order valence-electron chi connectivity index (χ0n) is 18.6. The normalized spacial score (nSPS) is 17.4. The molecule has 2 aromatic carbocycles. The molecule has 1 atom stereocenters. The largest absolute Gasteiger partial charge is 0.340 e. The molecule has 0 bridgehead atoms. The summed E-state index contributed by atoms with van der Waals surface area (Å²) in [5.74, 6) is 1.39. The summed E-state index contributed by atoms with van der Waals surface area (Å²) in [4.78, 5) is 22.5. The number of hydrogen-bond acceptors (Lipinski definition) is 3. The number of aromatic nitrogens is 2. The van der Waals surface area contributed by atoms with Crippen LogP contribution in [0.25, 0.3) is 16.7 Å². The third-order valence-corrected chi connectivity index (χ3v) is 6.71. The van der Waals surface area contributed by atoms with Crippen molar-refractivity contribution < 1.29 is 4.79 Å². The second-order valence-electron chi connectivity index (χ2n) is 8.62. The van der Waals surface area contributed by atoms with E-state index in [1.165, 1.54) is 0 Å². The Balaban J connectivity index is 1.60. The van der Waals surface area contributed by atoms with E-state index in [1.54, 1.807) is 0 Å². The van der Waals surface area contributed by atoms with E-state index in [2.05, 4.69) is 88.6 Å². The Kier molecular flexibility index (Phi) is 6.77. The van der Waals surface area contributed by atoms with Gasteiger partial charge in [0.25, 0.3) is 0 Å². The number of nitrogens with zero attached hydrogens (tertiary/aromatic N) is 4. The van der Waals surface area contributed by atoms with E-state index >= 15 is 0 Å². The van der Waals surface area contributed by atoms with Gasteiger partial charge >= 0.3 is 0 Å². The molecule has 0 N–H and O–H groups in total. The lowest BCUT2D eigenvalue weighted by molar-refractivity contribution is -0.139. The lowest BCUT2D eigenvalue weighted by atomic mass is 9.96. The first kappa shape index (κ1) is 22.0. The van der Waals surface area contributed by atoms with Crippen LogP contribution in [0.4, 0.5) is 0 Å². The van der Waals surface area contributed by atoms with Crippen molar-refractivity contribution in [1.82, 2.24) is 19.4 Å². The number of para-hydroxylation sites is 2. The number of halogens is 1. The molecule has 1 aliphatic rings. The van der Waals surface area contributed by atoms with Crippen molar-refractivity contribution in [3.05, 3.63) is 58.8 Å². The highest BCUT2D eigenvalue weighted by Crippen LogP contribution is 2.26. The van der Waals surface area contributed by atoms with Gasteiger partial charge in [-0.25, -0.2) is 4.98 Å². The van der Waals surface area contributed by atoms with Crippen molar-refractivity contribution in [3.8, 4) is 5.69 Å². The van der Waals surface area contributed by atoms with Gasteiger partial charge in [-0.1, -0.05) is 28.1 Å². The maximum Gasteiger partial charge on any atom is 0.227 e. The number of piperidine rings is 1. The molecule has 0 unspecified atom stereocenters. The number of rotatable bonds is 6. The molecule has 164 valence electrons. The maximum atomic E-state index is 13.1. The molecular formula is C25H31BrN4O.